The maximum absolute atomic E-state index is 5.44. The van der Waals surface area contributed by atoms with Gasteiger partial charge in [-0.15, -0.1) is 5.10 Å². The lowest BCUT2D eigenvalue weighted by molar-refractivity contribution is 0.813. The van der Waals surface area contributed by atoms with Crippen LogP contribution in [0.3, 0.4) is 0 Å². The summed E-state index contributed by atoms with van der Waals surface area (Å²) in [6.45, 7) is 0.697. The fourth-order valence-electron chi connectivity index (χ4n) is 1.31. The molecule has 0 spiro atoms. The third kappa shape index (κ3) is 1.50. The lowest BCUT2D eigenvalue weighted by atomic mass is 10.1. The monoisotopic (exact) mass is 177 g/mol. The molecule has 0 unspecified atom stereocenters. The van der Waals surface area contributed by atoms with Crippen LogP contribution in [0.2, 0.25) is 0 Å². The van der Waals surface area contributed by atoms with E-state index in [0.29, 0.717) is 6.54 Å². The van der Waals surface area contributed by atoms with E-state index in [1.165, 1.54) is 0 Å². The Hall–Kier alpha value is -1.49. The largest absolute Gasteiger partial charge is 0.330 e. The van der Waals surface area contributed by atoms with Gasteiger partial charge < -0.3 is 5.73 Å². The van der Waals surface area contributed by atoms with E-state index < -0.39 is 0 Å². The van der Waals surface area contributed by atoms with Crippen LogP contribution in [0, 0.1) is 0 Å². The summed E-state index contributed by atoms with van der Waals surface area (Å²) in [5, 5.41) is 11.3. The van der Waals surface area contributed by atoms with E-state index in [1.54, 1.807) is 4.52 Å². The highest BCUT2D eigenvalue weighted by atomic mass is 15.5. The Morgan fingerprint density at radius 2 is 2.38 bits per heavy atom. The van der Waals surface area contributed by atoms with E-state index in [9.17, 15) is 0 Å². The summed E-state index contributed by atoms with van der Waals surface area (Å²) in [4.78, 5) is 0. The molecule has 0 aliphatic rings. The van der Waals surface area contributed by atoms with Crippen LogP contribution in [0.1, 0.15) is 12.0 Å². The number of hydrogen-bond acceptors (Lipinski definition) is 4. The minimum absolute atomic E-state index is 0.697. The lowest BCUT2D eigenvalue weighted by Gasteiger charge is -1.99. The fraction of sp³-hybridized carbons (Fsp3) is 0.375. The first-order valence-electron chi connectivity index (χ1n) is 4.27. The molecule has 0 atom stereocenters. The Labute approximate surface area is 75.5 Å². The second-order valence-corrected chi connectivity index (χ2v) is 2.87. The van der Waals surface area contributed by atoms with Crippen LogP contribution in [0.15, 0.2) is 18.3 Å². The van der Waals surface area contributed by atoms with Crippen molar-refractivity contribution in [2.24, 2.45) is 5.73 Å². The van der Waals surface area contributed by atoms with Crippen molar-refractivity contribution in [1.29, 1.82) is 0 Å². The maximum Gasteiger partial charge on any atom is 0.182 e. The molecule has 0 saturated heterocycles. The predicted molar refractivity (Wildman–Crippen MR) is 48.2 cm³/mol. The second kappa shape index (κ2) is 3.49. The molecule has 0 aromatic carbocycles. The first-order valence-corrected chi connectivity index (χ1v) is 4.27. The summed E-state index contributed by atoms with van der Waals surface area (Å²) >= 11 is 0. The fourth-order valence-corrected chi connectivity index (χ4v) is 1.31. The Kier molecular flexibility index (Phi) is 2.18. The van der Waals surface area contributed by atoms with E-state index in [1.807, 2.05) is 18.3 Å². The van der Waals surface area contributed by atoms with E-state index in [2.05, 4.69) is 15.5 Å². The number of fused-ring (bicyclic) bond motifs is 1. The first kappa shape index (κ1) is 8.12. The summed E-state index contributed by atoms with van der Waals surface area (Å²) in [5.41, 5.74) is 7.42. The van der Waals surface area contributed by atoms with Crippen molar-refractivity contribution in [1.82, 2.24) is 20.0 Å². The number of rotatable bonds is 3. The van der Waals surface area contributed by atoms with E-state index in [-0.39, 0.29) is 0 Å². The van der Waals surface area contributed by atoms with Crippen molar-refractivity contribution >= 4 is 5.65 Å². The number of aromatic nitrogens is 4. The normalized spacial score (nSPS) is 10.8. The summed E-state index contributed by atoms with van der Waals surface area (Å²) in [6, 6.07) is 3.97. The number of hydrogen-bond donors (Lipinski definition) is 1. The van der Waals surface area contributed by atoms with Crippen molar-refractivity contribution in [3.63, 3.8) is 0 Å². The Bertz CT molecular complexity index is 394. The molecule has 5 nitrogen and oxygen atoms in total. The summed E-state index contributed by atoms with van der Waals surface area (Å²) in [7, 11) is 0. The average Bonchev–Trinajstić information content (AvgIpc) is 2.62. The molecule has 2 heterocycles. The van der Waals surface area contributed by atoms with Gasteiger partial charge in [-0.05, 0) is 41.4 Å². The molecule has 2 rings (SSSR count). The van der Waals surface area contributed by atoms with Crippen LogP contribution in [0.4, 0.5) is 0 Å². The highest BCUT2D eigenvalue weighted by Crippen LogP contribution is 2.07. The van der Waals surface area contributed by atoms with Gasteiger partial charge in [0.15, 0.2) is 5.65 Å². The highest BCUT2D eigenvalue weighted by Gasteiger charge is 2.02. The van der Waals surface area contributed by atoms with E-state index in [4.69, 9.17) is 5.73 Å². The Morgan fingerprint density at radius 3 is 3.23 bits per heavy atom. The lowest BCUT2D eigenvalue weighted by Crippen LogP contribution is -2.01. The molecule has 2 aromatic rings. The number of nitrogens with zero attached hydrogens (tertiary/aromatic N) is 4. The van der Waals surface area contributed by atoms with Crippen LogP contribution in [-0.4, -0.2) is 26.6 Å². The minimum atomic E-state index is 0.697. The van der Waals surface area contributed by atoms with E-state index in [0.717, 1.165) is 24.1 Å². The average molecular weight is 177 g/mol. The quantitative estimate of drug-likeness (QED) is 0.717. The van der Waals surface area contributed by atoms with Crippen LogP contribution in [-0.2, 0) is 6.42 Å². The number of aryl methyl sites for hydroxylation is 1. The molecular weight excluding hydrogens is 166 g/mol. The van der Waals surface area contributed by atoms with Gasteiger partial charge in [0.25, 0.3) is 0 Å². The zero-order valence-corrected chi connectivity index (χ0v) is 7.22. The molecule has 0 radical (unpaired) electrons. The maximum atomic E-state index is 5.44. The van der Waals surface area contributed by atoms with Crippen molar-refractivity contribution < 1.29 is 0 Å². The Morgan fingerprint density at radius 1 is 1.46 bits per heavy atom. The molecule has 0 saturated carbocycles. The van der Waals surface area contributed by atoms with Gasteiger partial charge in [-0.2, -0.15) is 0 Å². The molecule has 0 aliphatic heterocycles. The zero-order chi connectivity index (χ0) is 9.10. The van der Waals surface area contributed by atoms with Gasteiger partial charge in [0.05, 0.1) is 0 Å². The zero-order valence-electron chi connectivity index (χ0n) is 7.22. The molecule has 13 heavy (non-hydrogen) atoms. The van der Waals surface area contributed by atoms with Crippen LogP contribution >= 0.6 is 0 Å². The highest BCUT2D eigenvalue weighted by molar-refractivity contribution is 5.45. The van der Waals surface area contributed by atoms with Gasteiger partial charge >= 0.3 is 0 Å². The van der Waals surface area contributed by atoms with Crippen molar-refractivity contribution in [3.8, 4) is 0 Å². The van der Waals surface area contributed by atoms with Crippen molar-refractivity contribution in [2.75, 3.05) is 6.54 Å². The topological polar surface area (TPSA) is 69.1 Å². The molecule has 0 aliphatic carbocycles. The first-order chi connectivity index (χ1) is 6.42. The van der Waals surface area contributed by atoms with Gasteiger partial charge in [-0.1, -0.05) is 6.07 Å². The molecule has 2 N–H and O–H groups in total. The van der Waals surface area contributed by atoms with Crippen LogP contribution in [0.5, 0.6) is 0 Å². The molecule has 0 fully saturated rings. The third-order valence-corrected chi connectivity index (χ3v) is 1.95. The van der Waals surface area contributed by atoms with Gasteiger partial charge in [-0.25, -0.2) is 4.52 Å². The predicted octanol–water partition coefficient (Wildman–Crippen LogP) is 0.0156. The second-order valence-electron chi connectivity index (χ2n) is 2.87. The molecule has 0 amide bonds. The van der Waals surface area contributed by atoms with Gasteiger partial charge in [0.2, 0.25) is 0 Å². The van der Waals surface area contributed by atoms with E-state index >= 15 is 0 Å². The molecule has 0 bridgehead atoms. The van der Waals surface area contributed by atoms with Gasteiger partial charge in [0.1, 0.15) is 0 Å². The van der Waals surface area contributed by atoms with Gasteiger partial charge in [-0.3, -0.25) is 0 Å². The van der Waals surface area contributed by atoms with Crippen LogP contribution < -0.4 is 5.73 Å². The van der Waals surface area contributed by atoms with Crippen molar-refractivity contribution in [2.45, 2.75) is 12.8 Å². The SMILES string of the molecule is NCCCc1cccn2nnnc12. The smallest absolute Gasteiger partial charge is 0.182 e. The van der Waals surface area contributed by atoms with Gasteiger partial charge in [0, 0.05) is 6.20 Å². The standard InChI is InChI=1S/C8H11N5/c9-5-1-3-7-4-2-6-13-8(7)10-11-12-13/h2,4,6H,1,3,5,9H2. The minimum Gasteiger partial charge on any atom is -0.330 e. The summed E-state index contributed by atoms with van der Waals surface area (Å²) < 4.78 is 1.67. The summed E-state index contributed by atoms with van der Waals surface area (Å²) in [5.74, 6) is 0. The molecule has 5 heteroatoms. The van der Waals surface area contributed by atoms with Crippen molar-refractivity contribution in [3.05, 3.63) is 23.9 Å². The van der Waals surface area contributed by atoms with Crippen LogP contribution in [0.25, 0.3) is 5.65 Å². The number of pyridine rings is 1. The molecule has 2 aromatic heterocycles. The number of nitrogens with two attached hydrogens (primary N) is 1. The Balaban J connectivity index is 2.37. The summed E-state index contributed by atoms with van der Waals surface area (Å²) in [6.07, 6.45) is 3.73. The molecule has 68 valence electrons. The molecular formula is C8H11N5. The number of tetrazole rings is 1. The third-order valence-electron chi connectivity index (χ3n) is 1.95.